The fourth-order valence-corrected chi connectivity index (χ4v) is 2.14. The summed E-state index contributed by atoms with van der Waals surface area (Å²) in [6.07, 6.45) is 3.05. The molecule has 2 atom stereocenters. The van der Waals surface area contributed by atoms with Crippen LogP contribution in [0.2, 0.25) is 0 Å². The lowest BCUT2D eigenvalue weighted by atomic mass is 9.87. The molecular formula is C13H26N2O. The van der Waals surface area contributed by atoms with Crippen molar-refractivity contribution >= 4 is 5.91 Å². The van der Waals surface area contributed by atoms with Gasteiger partial charge in [-0.1, -0.05) is 34.1 Å². The van der Waals surface area contributed by atoms with Gasteiger partial charge in [-0.3, -0.25) is 4.79 Å². The molecule has 16 heavy (non-hydrogen) atoms. The molecule has 1 aliphatic heterocycles. The highest BCUT2D eigenvalue weighted by Crippen LogP contribution is 2.25. The number of carbonyl (C=O) groups excluding carboxylic acids is 1. The standard InChI is InChI=1S/C13H26N2O/c1-5-6-10-7-12(16)15(8-10)9-11(14)13(2,3)4/h10-11H,5-9,14H2,1-4H3. The fraction of sp³-hybridized carbons (Fsp3) is 0.923. The van der Waals surface area contributed by atoms with E-state index in [2.05, 4.69) is 27.7 Å². The molecule has 3 heteroatoms. The Balaban J connectivity index is 2.47. The highest BCUT2D eigenvalue weighted by atomic mass is 16.2. The van der Waals surface area contributed by atoms with Gasteiger partial charge in [0.2, 0.25) is 5.91 Å². The van der Waals surface area contributed by atoms with Crippen LogP contribution in [0.3, 0.4) is 0 Å². The van der Waals surface area contributed by atoms with E-state index < -0.39 is 0 Å². The predicted molar refractivity (Wildman–Crippen MR) is 67.0 cm³/mol. The second-order valence-electron chi connectivity index (χ2n) is 6.13. The molecule has 2 N–H and O–H groups in total. The van der Waals surface area contributed by atoms with Crippen molar-refractivity contribution in [2.45, 2.75) is 53.0 Å². The van der Waals surface area contributed by atoms with Gasteiger partial charge in [0.05, 0.1) is 0 Å². The van der Waals surface area contributed by atoms with Crippen molar-refractivity contribution in [2.24, 2.45) is 17.1 Å². The molecule has 0 saturated carbocycles. The second-order valence-corrected chi connectivity index (χ2v) is 6.13. The Labute approximate surface area is 99.4 Å². The molecule has 0 radical (unpaired) electrons. The Bertz CT molecular complexity index is 245. The Hall–Kier alpha value is -0.570. The monoisotopic (exact) mass is 226 g/mol. The summed E-state index contributed by atoms with van der Waals surface area (Å²) < 4.78 is 0. The molecule has 0 aromatic carbocycles. The van der Waals surface area contributed by atoms with Crippen LogP contribution in [0.5, 0.6) is 0 Å². The van der Waals surface area contributed by atoms with E-state index in [1.807, 2.05) is 4.90 Å². The molecule has 1 saturated heterocycles. The maximum Gasteiger partial charge on any atom is 0.222 e. The molecule has 94 valence electrons. The van der Waals surface area contributed by atoms with Crippen molar-refractivity contribution in [1.29, 1.82) is 0 Å². The minimum absolute atomic E-state index is 0.0665. The minimum Gasteiger partial charge on any atom is -0.341 e. The maximum absolute atomic E-state index is 11.8. The molecule has 1 rings (SSSR count). The third-order valence-corrected chi connectivity index (χ3v) is 3.52. The number of hydrogen-bond acceptors (Lipinski definition) is 2. The largest absolute Gasteiger partial charge is 0.341 e. The van der Waals surface area contributed by atoms with E-state index in [9.17, 15) is 4.79 Å². The number of rotatable bonds is 4. The maximum atomic E-state index is 11.8. The van der Waals surface area contributed by atoms with Crippen LogP contribution in [0, 0.1) is 11.3 Å². The van der Waals surface area contributed by atoms with E-state index in [1.165, 1.54) is 0 Å². The third kappa shape index (κ3) is 3.48. The minimum atomic E-state index is 0.0665. The summed E-state index contributed by atoms with van der Waals surface area (Å²) in [7, 11) is 0. The Morgan fingerprint density at radius 1 is 1.50 bits per heavy atom. The molecule has 2 unspecified atom stereocenters. The van der Waals surface area contributed by atoms with Crippen molar-refractivity contribution in [1.82, 2.24) is 4.90 Å². The Kier molecular flexibility index (Phi) is 4.36. The summed E-state index contributed by atoms with van der Waals surface area (Å²) in [6.45, 7) is 10.2. The van der Waals surface area contributed by atoms with Gasteiger partial charge in [0.25, 0.3) is 0 Å². The molecule has 1 fully saturated rings. The summed E-state index contributed by atoms with van der Waals surface area (Å²) in [5.41, 5.74) is 6.19. The predicted octanol–water partition coefficient (Wildman–Crippen LogP) is 2.01. The number of carbonyl (C=O) groups is 1. The van der Waals surface area contributed by atoms with Crippen molar-refractivity contribution in [3.8, 4) is 0 Å². The summed E-state index contributed by atoms with van der Waals surface area (Å²) in [6, 6.07) is 0.0665. The number of likely N-dealkylation sites (tertiary alicyclic amines) is 1. The number of nitrogens with two attached hydrogens (primary N) is 1. The Morgan fingerprint density at radius 3 is 2.62 bits per heavy atom. The van der Waals surface area contributed by atoms with Crippen molar-refractivity contribution in [3.05, 3.63) is 0 Å². The summed E-state index contributed by atoms with van der Waals surface area (Å²) in [5.74, 6) is 0.850. The summed E-state index contributed by atoms with van der Waals surface area (Å²) >= 11 is 0. The van der Waals surface area contributed by atoms with Gasteiger partial charge in [-0.2, -0.15) is 0 Å². The SMILES string of the molecule is CCCC1CC(=O)N(CC(N)C(C)(C)C)C1. The van der Waals surface area contributed by atoms with Crippen LogP contribution in [0.25, 0.3) is 0 Å². The van der Waals surface area contributed by atoms with Gasteiger partial charge in [-0.05, 0) is 17.8 Å². The first-order valence-electron chi connectivity index (χ1n) is 6.38. The van der Waals surface area contributed by atoms with Crippen LogP contribution >= 0.6 is 0 Å². The molecule has 1 heterocycles. The van der Waals surface area contributed by atoms with E-state index in [1.54, 1.807) is 0 Å². The van der Waals surface area contributed by atoms with Crippen molar-refractivity contribution in [3.63, 3.8) is 0 Å². The van der Waals surface area contributed by atoms with Gasteiger partial charge >= 0.3 is 0 Å². The lowest BCUT2D eigenvalue weighted by Crippen LogP contribution is -2.45. The quantitative estimate of drug-likeness (QED) is 0.797. The highest BCUT2D eigenvalue weighted by molar-refractivity contribution is 5.78. The van der Waals surface area contributed by atoms with E-state index in [0.717, 1.165) is 25.8 Å². The van der Waals surface area contributed by atoms with E-state index in [0.29, 0.717) is 12.5 Å². The molecule has 0 bridgehead atoms. The first-order chi connectivity index (χ1) is 7.34. The topological polar surface area (TPSA) is 46.3 Å². The fourth-order valence-electron chi connectivity index (χ4n) is 2.14. The average Bonchev–Trinajstić information content (AvgIpc) is 2.46. The third-order valence-electron chi connectivity index (χ3n) is 3.52. The molecule has 1 aliphatic rings. The van der Waals surface area contributed by atoms with Crippen LogP contribution in [-0.2, 0) is 4.79 Å². The molecule has 1 amide bonds. The molecular weight excluding hydrogens is 200 g/mol. The summed E-state index contributed by atoms with van der Waals surface area (Å²) in [4.78, 5) is 13.7. The number of amides is 1. The van der Waals surface area contributed by atoms with Gasteiger partial charge in [-0.25, -0.2) is 0 Å². The van der Waals surface area contributed by atoms with Gasteiger partial charge in [-0.15, -0.1) is 0 Å². The molecule has 0 aromatic heterocycles. The average molecular weight is 226 g/mol. The van der Waals surface area contributed by atoms with Crippen LogP contribution in [0.4, 0.5) is 0 Å². The number of nitrogens with zero attached hydrogens (tertiary/aromatic N) is 1. The van der Waals surface area contributed by atoms with Crippen LogP contribution < -0.4 is 5.73 Å². The van der Waals surface area contributed by atoms with Gasteiger partial charge in [0.15, 0.2) is 0 Å². The van der Waals surface area contributed by atoms with Gasteiger partial charge in [0.1, 0.15) is 0 Å². The zero-order valence-corrected chi connectivity index (χ0v) is 11.1. The smallest absolute Gasteiger partial charge is 0.222 e. The van der Waals surface area contributed by atoms with E-state index in [-0.39, 0.29) is 17.4 Å². The normalized spacial score (nSPS) is 23.9. The molecule has 0 aliphatic carbocycles. The van der Waals surface area contributed by atoms with Gasteiger partial charge in [0, 0.05) is 25.6 Å². The first-order valence-corrected chi connectivity index (χ1v) is 6.38. The Morgan fingerprint density at radius 2 is 2.12 bits per heavy atom. The lowest BCUT2D eigenvalue weighted by Gasteiger charge is -2.31. The van der Waals surface area contributed by atoms with E-state index in [4.69, 9.17) is 5.73 Å². The van der Waals surface area contributed by atoms with E-state index >= 15 is 0 Å². The lowest BCUT2D eigenvalue weighted by molar-refractivity contribution is -0.128. The van der Waals surface area contributed by atoms with Crippen LogP contribution in [0.15, 0.2) is 0 Å². The molecule has 3 nitrogen and oxygen atoms in total. The van der Waals surface area contributed by atoms with Gasteiger partial charge < -0.3 is 10.6 Å². The number of hydrogen-bond donors (Lipinski definition) is 1. The van der Waals surface area contributed by atoms with Crippen LogP contribution in [0.1, 0.15) is 47.0 Å². The first kappa shape index (κ1) is 13.5. The molecule has 0 aromatic rings. The molecule has 0 spiro atoms. The van der Waals surface area contributed by atoms with Crippen molar-refractivity contribution < 1.29 is 4.79 Å². The van der Waals surface area contributed by atoms with Crippen LogP contribution in [-0.4, -0.2) is 29.9 Å². The van der Waals surface area contributed by atoms with Crippen molar-refractivity contribution in [2.75, 3.05) is 13.1 Å². The zero-order valence-electron chi connectivity index (χ0n) is 11.1. The zero-order chi connectivity index (χ0) is 12.3. The summed E-state index contributed by atoms with van der Waals surface area (Å²) in [5, 5.41) is 0. The highest BCUT2D eigenvalue weighted by Gasteiger charge is 2.32. The second kappa shape index (κ2) is 5.17.